The lowest BCUT2D eigenvalue weighted by atomic mass is 10.2. The summed E-state index contributed by atoms with van der Waals surface area (Å²) in [6, 6.07) is 14.5. The average Bonchev–Trinajstić information content (AvgIpc) is 3.27. The standard InChI is InChI=1S/C25H26N4O6/c1-27-16-26-22-21(27)23(30)29(25(32)28(22)2)12-7-13-34-24(31)18-10-11-19(20(14-18)33-3)35-15-17-8-5-4-6-9-17/h4-6,8-11,14,16H,7,12-13,15H2,1-3H3. The number of imidazole rings is 1. The summed E-state index contributed by atoms with van der Waals surface area (Å²) in [5.41, 5.74) is 1.09. The average molecular weight is 479 g/mol. The van der Waals surface area contributed by atoms with E-state index in [0.29, 0.717) is 41.3 Å². The second-order valence-corrected chi connectivity index (χ2v) is 7.96. The highest BCUT2D eigenvalue weighted by molar-refractivity contribution is 5.90. The molecule has 0 radical (unpaired) electrons. The molecule has 0 spiro atoms. The first-order valence-electron chi connectivity index (χ1n) is 11.0. The highest BCUT2D eigenvalue weighted by Gasteiger charge is 2.16. The highest BCUT2D eigenvalue weighted by atomic mass is 16.5. The zero-order valence-corrected chi connectivity index (χ0v) is 19.8. The third-order valence-corrected chi connectivity index (χ3v) is 5.60. The van der Waals surface area contributed by atoms with Crippen LogP contribution >= 0.6 is 0 Å². The van der Waals surface area contributed by atoms with Crippen LogP contribution in [0.2, 0.25) is 0 Å². The molecule has 10 nitrogen and oxygen atoms in total. The molecule has 182 valence electrons. The topological polar surface area (TPSA) is 107 Å². The first-order chi connectivity index (χ1) is 16.9. The fourth-order valence-corrected chi connectivity index (χ4v) is 3.71. The summed E-state index contributed by atoms with van der Waals surface area (Å²) in [5.74, 6) is 0.379. The Morgan fingerprint density at radius 1 is 1.03 bits per heavy atom. The number of ether oxygens (including phenoxy) is 3. The predicted molar refractivity (Wildman–Crippen MR) is 129 cm³/mol. The van der Waals surface area contributed by atoms with Crippen LogP contribution in [0.5, 0.6) is 11.5 Å². The molecular weight excluding hydrogens is 452 g/mol. The fourth-order valence-electron chi connectivity index (χ4n) is 3.71. The van der Waals surface area contributed by atoms with Gasteiger partial charge in [0.1, 0.15) is 6.61 Å². The second-order valence-electron chi connectivity index (χ2n) is 7.96. The van der Waals surface area contributed by atoms with E-state index in [1.165, 1.54) is 18.0 Å². The second kappa shape index (κ2) is 10.3. The Balaban J connectivity index is 1.37. The minimum atomic E-state index is -0.541. The summed E-state index contributed by atoms with van der Waals surface area (Å²) >= 11 is 0. The van der Waals surface area contributed by atoms with Crippen LogP contribution in [0.1, 0.15) is 22.3 Å². The third-order valence-electron chi connectivity index (χ3n) is 5.60. The molecule has 0 unspecified atom stereocenters. The maximum Gasteiger partial charge on any atom is 0.338 e. The predicted octanol–water partition coefficient (Wildman–Crippen LogP) is 2.27. The van der Waals surface area contributed by atoms with E-state index in [0.717, 1.165) is 10.1 Å². The number of fused-ring (bicyclic) bond motifs is 1. The van der Waals surface area contributed by atoms with Crippen LogP contribution in [0, 0.1) is 0 Å². The van der Waals surface area contributed by atoms with E-state index < -0.39 is 17.2 Å². The Bertz CT molecular complexity index is 1470. The molecule has 0 saturated heterocycles. The van der Waals surface area contributed by atoms with E-state index in [2.05, 4.69) is 4.98 Å². The normalized spacial score (nSPS) is 10.9. The molecule has 0 atom stereocenters. The smallest absolute Gasteiger partial charge is 0.338 e. The van der Waals surface area contributed by atoms with Gasteiger partial charge in [-0.2, -0.15) is 0 Å². The van der Waals surface area contributed by atoms with Gasteiger partial charge >= 0.3 is 11.7 Å². The number of carbonyl (C=O) groups is 1. The number of rotatable bonds is 9. The maximum absolute atomic E-state index is 12.7. The Kier molecular flexibility index (Phi) is 7.00. The lowest BCUT2D eigenvalue weighted by molar-refractivity contribution is 0.0495. The van der Waals surface area contributed by atoms with Crippen molar-refractivity contribution in [2.75, 3.05) is 13.7 Å². The van der Waals surface area contributed by atoms with E-state index in [4.69, 9.17) is 14.2 Å². The van der Waals surface area contributed by atoms with Gasteiger partial charge in [0.2, 0.25) is 0 Å². The molecule has 0 aliphatic carbocycles. The van der Waals surface area contributed by atoms with Gasteiger partial charge in [-0.05, 0) is 30.2 Å². The lowest BCUT2D eigenvalue weighted by Gasteiger charge is -2.12. The van der Waals surface area contributed by atoms with Crippen molar-refractivity contribution in [1.82, 2.24) is 18.7 Å². The first-order valence-corrected chi connectivity index (χ1v) is 11.0. The molecular formula is C25H26N4O6. The van der Waals surface area contributed by atoms with Crippen LogP contribution in [0.15, 0.2) is 64.4 Å². The van der Waals surface area contributed by atoms with Crippen molar-refractivity contribution in [1.29, 1.82) is 0 Å². The molecule has 10 heteroatoms. The molecule has 4 rings (SSSR count). The van der Waals surface area contributed by atoms with E-state index in [-0.39, 0.29) is 13.2 Å². The van der Waals surface area contributed by atoms with Gasteiger partial charge in [-0.3, -0.25) is 13.9 Å². The van der Waals surface area contributed by atoms with Crippen LogP contribution in [-0.4, -0.2) is 38.4 Å². The number of aromatic nitrogens is 4. The molecule has 2 aromatic heterocycles. The zero-order chi connectivity index (χ0) is 24.9. The van der Waals surface area contributed by atoms with Crippen molar-refractivity contribution in [2.45, 2.75) is 19.6 Å². The fraction of sp³-hybridized carbons (Fsp3) is 0.280. The van der Waals surface area contributed by atoms with Crippen LogP contribution < -0.4 is 20.7 Å². The minimum absolute atomic E-state index is 0.0342. The monoisotopic (exact) mass is 478 g/mol. The summed E-state index contributed by atoms with van der Waals surface area (Å²) in [5, 5.41) is 0. The van der Waals surface area contributed by atoms with Gasteiger partial charge in [-0.25, -0.2) is 14.6 Å². The summed E-state index contributed by atoms with van der Waals surface area (Å²) in [6.45, 7) is 0.506. The van der Waals surface area contributed by atoms with E-state index in [9.17, 15) is 14.4 Å². The molecule has 0 amide bonds. The molecule has 35 heavy (non-hydrogen) atoms. The van der Waals surface area contributed by atoms with E-state index >= 15 is 0 Å². The van der Waals surface area contributed by atoms with Crippen LogP contribution in [0.25, 0.3) is 11.2 Å². The molecule has 0 bridgehead atoms. The van der Waals surface area contributed by atoms with E-state index in [1.807, 2.05) is 30.3 Å². The molecule has 2 aromatic carbocycles. The van der Waals surface area contributed by atoms with Crippen molar-refractivity contribution in [3.63, 3.8) is 0 Å². The largest absolute Gasteiger partial charge is 0.493 e. The van der Waals surface area contributed by atoms with Crippen molar-refractivity contribution in [3.8, 4) is 11.5 Å². The summed E-state index contributed by atoms with van der Waals surface area (Å²) in [7, 11) is 4.75. The molecule has 0 fully saturated rings. The molecule has 2 heterocycles. The number of benzene rings is 2. The van der Waals surface area contributed by atoms with Gasteiger partial charge in [0.15, 0.2) is 22.7 Å². The number of aryl methyl sites for hydroxylation is 2. The molecule has 0 N–H and O–H groups in total. The number of hydrogen-bond donors (Lipinski definition) is 0. The number of methoxy groups -OCH3 is 1. The number of hydrogen-bond acceptors (Lipinski definition) is 7. The van der Waals surface area contributed by atoms with Crippen molar-refractivity contribution in [2.24, 2.45) is 14.1 Å². The Morgan fingerprint density at radius 2 is 1.80 bits per heavy atom. The minimum Gasteiger partial charge on any atom is -0.493 e. The van der Waals surface area contributed by atoms with Gasteiger partial charge < -0.3 is 18.8 Å². The molecule has 0 aliphatic heterocycles. The maximum atomic E-state index is 12.7. The highest BCUT2D eigenvalue weighted by Crippen LogP contribution is 2.29. The lowest BCUT2D eigenvalue weighted by Crippen LogP contribution is -2.39. The number of nitrogens with zero attached hydrogens (tertiary/aromatic N) is 4. The van der Waals surface area contributed by atoms with Gasteiger partial charge in [0.25, 0.3) is 5.56 Å². The van der Waals surface area contributed by atoms with E-state index in [1.54, 1.807) is 36.9 Å². The Labute approximate surface area is 200 Å². The number of esters is 1. The van der Waals surface area contributed by atoms with Gasteiger partial charge in [-0.15, -0.1) is 0 Å². The summed E-state index contributed by atoms with van der Waals surface area (Å²) < 4.78 is 20.6. The SMILES string of the molecule is COc1cc(C(=O)OCCCn2c(=O)c3c(ncn3C)n(C)c2=O)ccc1OCc1ccccc1. The van der Waals surface area contributed by atoms with Crippen molar-refractivity contribution < 1.29 is 19.0 Å². The third kappa shape index (κ3) is 4.96. The summed E-state index contributed by atoms with van der Waals surface area (Å²) in [4.78, 5) is 41.9. The van der Waals surface area contributed by atoms with Crippen molar-refractivity contribution in [3.05, 3.63) is 86.8 Å². The van der Waals surface area contributed by atoms with Crippen LogP contribution in [0.3, 0.4) is 0 Å². The Morgan fingerprint density at radius 3 is 2.54 bits per heavy atom. The van der Waals surface area contributed by atoms with Gasteiger partial charge in [-0.1, -0.05) is 30.3 Å². The van der Waals surface area contributed by atoms with Crippen LogP contribution in [-0.2, 0) is 32.0 Å². The zero-order valence-electron chi connectivity index (χ0n) is 19.8. The van der Waals surface area contributed by atoms with Gasteiger partial charge in [0, 0.05) is 20.6 Å². The quantitative estimate of drug-likeness (QED) is 0.268. The van der Waals surface area contributed by atoms with Crippen LogP contribution in [0.4, 0.5) is 0 Å². The molecule has 4 aromatic rings. The number of carbonyl (C=O) groups excluding carboxylic acids is 1. The first kappa shape index (κ1) is 23.8. The summed E-state index contributed by atoms with van der Waals surface area (Å²) in [6.07, 6.45) is 1.78. The molecule has 0 saturated carbocycles. The Hall–Kier alpha value is -4.34. The van der Waals surface area contributed by atoms with Gasteiger partial charge in [0.05, 0.1) is 25.6 Å². The van der Waals surface area contributed by atoms with Crippen molar-refractivity contribution >= 4 is 17.1 Å². The molecule has 0 aliphatic rings.